The first kappa shape index (κ1) is 30.0. The molecule has 53 heavy (non-hydrogen) atoms. The molecule has 9 aromatic carbocycles. The van der Waals surface area contributed by atoms with E-state index in [-0.39, 0.29) is 5.41 Å². The minimum absolute atomic E-state index is 0.202. The second-order valence-electron chi connectivity index (χ2n) is 15.0. The summed E-state index contributed by atoms with van der Waals surface area (Å²) in [7, 11) is 0. The van der Waals surface area contributed by atoms with Crippen molar-refractivity contribution in [3.8, 4) is 16.8 Å². The van der Waals surface area contributed by atoms with Gasteiger partial charge in [-0.15, -0.1) is 0 Å². The molecule has 0 spiro atoms. The fraction of sp³-hybridized carbons (Fsp3) is 0.0588. The quantitative estimate of drug-likeness (QED) is 0.169. The molecule has 2 nitrogen and oxygen atoms in total. The molecule has 0 N–H and O–H groups in total. The third-order valence-electron chi connectivity index (χ3n) is 11.7. The van der Waals surface area contributed by atoms with Gasteiger partial charge in [-0.1, -0.05) is 141 Å². The minimum atomic E-state index is -0.202. The van der Waals surface area contributed by atoms with E-state index in [9.17, 15) is 0 Å². The van der Waals surface area contributed by atoms with Gasteiger partial charge < -0.3 is 9.47 Å². The first-order valence-corrected chi connectivity index (χ1v) is 18.5. The van der Waals surface area contributed by atoms with Crippen molar-refractivity contribution < 1.29 is 0 Å². The maximum Gasteiger partial charge on any atom is 0.0545 e. The zero-order valence-corrected chi connectivity index (χ0v) is 29.7. The van der Waals surface area contributed by atoms with Crippen LogP contribution in [0.25, 0.3) is 70.9 Å². The van der Waals surface area contributed by atoms with Crippen molar-refractivity contribution in [1.29, 1.82) is 0 Å². The lowest BCUT2D eigenvalue weighted by molar-refractivity contribution is 0.632. The fourth-order valence-electron chi connectivity index (χ4n) is 9.21. The van der Waals surface area contributed by atoms with E-state index in [4.69, 9.17) is 0 Å². The summed E-state index contributed by atoms with van der Waals surface area (Å²) in [5, 5.41) is 10.3. The van der Waals surface area contributed by atoms with E-state index in [0.717, 1.165) is 5.69 Å². The summed E-state index contributed by atoms with van der Waals surface area (Å²) >= 11 is 0. The van der Waals surface area contributed by atoms with Gasteiger partial charge in [-0.2, -0.15) is 0 Å². The zero-order valence-electron chi connectivity index (χ0n) is 29.7. The minimum Gasteiger partial charge on any atom is -0.310 e. The first-order valence-electron chi connectivity index (χ1n) is 18.5. The van der Waals surface area contributed by atoms with Crippen molar-refractivity contribution in [2.45, 2.75) is 19.3 Å². The van der Waals surface area contributed by atoms with E-state index in [1.165, 1.54) is 93.4 Å². The van der Waals surface area contributed by atoms with E-state index < -0.39 is 0 Å². The molecule has 2 heteroatoms. The average Bonchev–Trinajstić information content (AvgIpc) is 3.54. The van der Waals surface area contributed by atoms with Gasteiger partial charge in [-0.05, 0) is 109 Å². The van der Waals surface area contributed by atoms with Gasteiger partial charge in [0.15, 0.2) is 0 Å². The molecule has 0 bridgehead atoms. The molecule has 0 saturated carbocycles. The Labute approximate surface area is 308 Å². The van der Waals surface area contributed by atoms with Crippen LogP contribution in [-0.2, 0) is 5.41 Å². The van der Waals surface area contributed by atoms with Crippen LogP contribution in [0.4, 0.5) is 17.1 Å². The number of hydrogen-bond donors (Lipinski definition) is 0. The van der Waals surface area contributed by atoms with E-state index in [2.05, 4.69) is 205 Å². The zero-order chi connectivity index (χ0) is 35.3. The van der Waals surface area contributed by atoms with E-state index >= 15 is 0 Å². The number of rotatable bonds is 3. The highest BCUT2D eigenvalue weighted by Crippen LogP contribution is 2.53. The molecule has 0 saturated heterocycles. The number of para-hydroxylation sites is 3. The van der Waals surface area contributed by atoms with Crippen molar-refractivity contribution in [1.82, 2.24) is 4.57 Å². The third kappa shape index (κ3) is 4.33. The molecule has 10 aromatic rings. The summed E-state index contributed by atoms with van der Waals surface area (Å²) in [5.74, 6) is 0. The summed E-state index contributed by atoms with van der Waals surface area (Å²) in [6, 6.07) is 67.2. The van der Waals surface area contributed by atoms with Crippen LogP contribution in [0.3, 0.4) is 0 Å². The first-order chi connectivity index (χ1) is 26.1. The Balaban J connectivity index is 1.14. The van der Waals surface area contributed by atoms with Crippen LogP contribution in [0.2, 0.25) is 0 Å². The SMILES string of the molecule is CC1(C)c2ccccc2N(c2ccccc2)c2cc3c4ccccc4n(-c4cccc(-c5ccc6c7ccccc7c7ccccc7c6c5)c4)c3cc21. The Hall–Kier alpha value is -6.64. The highest BCUT2D eigenvalue weighted by Gasteiger charge is 2.37. The molecule has 1 aliphatic rings. The lowest BCUT2D eigenvalue weighted by atomic mass is 9.73. The molecule has 0 unspecified atom stereocenters. The number of aromatic nitrogens is 1. The molecule has 0 aliphatic carbocycles. The number of anilines is 3. The fourth-order valence-corrected chi connectivity index (χ4v) is 9.21. The predicted molar refractivity (Wildman–Crippen MR) is 226 cm³/mol. The maximum absolute atomic E-state index is 2.47. The number of benzene rings is 9. The van der Waals surface area contributed by atoms with Crippen LogP contribution in [0.5, 0.6) is 0 Å². The molecule has 1 aromatic heterocycles. The number of hydrogen-bond acceptors (Lipinski definition) is 1. The summed E-state index contributed by atoms with van der Waals surface area (Å²) < 4.78 is 2.47. The molecular weight excluding hydrogens is 641 g/mol. The van der Waals surface area contributed by atoms with Gasteiger partial charge in [0.25, 0.3) is 0 Å². The van der Waals surface area contributed by atoms with Crippen LogP contribution in [0.15, 0.2) is 182 Å². The summed E-state index contributed by atoms with van der Waals surface area (Å²) in [6.07, 6.45) is 0. The lowest BCUT2D eigenvalue weighted by Crippen LogP contribution is -2.30. The second-order valence-corrected chi connectivity index (χ2v) is 15.0. The van der Waals surface area contributed by atoms with Crippen molar-refractivity contribution >= 4 is 71.2 Å². The molecule has 0 amide bonds. The van der Waals surface area contributed by atoms with E-state index in [1.54, 1.807) is 0 Å². The third-order valence-corrected chi connectivity index (χ3v) is 11.7. The van der Waals surface area contributed by atoms with Crippen LogP contribution < -0.4 is 4.90 Å². The number of fused-ring (bicyclic) bond motifs is 11. The Kier molecular flexibility index (Phi) is 6.33. The second kappa shape index (κ2) is 11.2. The lowest BCUT2D eigenvalue weighted by Gasteiger charge is -2.42. The van der Waals surface area contributed by atoms with Crippen LogP contribution in [-0.4, -0.2) is 4.57 Å². The summed E-state index contributed by atoms with van der Waals surface area (Å²) in [6.45, 7) is 4.75. The molecule has 0 radical (unpaired) electrons. The molecule has 11 rings (SSSR count). The molecule has 250 valence electrons. The Morgan fingerprint density at radius 3 is 1.68 bits per heavy atom. The van der Waals surface area contributed by atoms with Gasteiger partial charge >= 0.3 is 0 Å². The van der Waals surface area contributed by atoms with Crippen LogP contribution >= 0.6 is 0 Å². The van der Waals surface area contributed by atoms with E-state index in [0.29, 0.717) is 0 Å². The van der Waals surface area contributed by atoms with Crippen molar-refractivity contribution in [3.05, 3.63) is 193 Å². The summed E-state index contributed by atoms with van der Waals surface area (Å²) in [4.78, 5) is 2.45. The van der Waals surface area contributed by atoms with Gasteiger partial charge in [0.2, 0.25) is 0 Å². The van der Waals surface area contributed by atoms with Crippen molar-refractivity contribution in [2.75, 3.05) is 4.90 Å². The highest BCUT2D eigenvalue weighted by molar-refractivity contribution is 6.25. The molecular formula is C51H36N2. The highest BCUT2D eigenvalue weighted by atomic mass is 15.2. The maximum atomic E-state index is 2.47. The van der Waals surface area contributed by atoms with Crippen molar-refractivity contribution in [2.24, 2.45) is 0 Å². The largest absolute Gasteiger partial charge is 0.310 e. The predicted octanol–water partition coefficient (Wildman–Crippen LogP) is 14.0. The molecule has 2 heterocycles. The van der Waals surface area contributed by atoms with Crippen molar-refractivity contribution in [3.63, 3.8) is 0 Å². The molecule has 1 aliphatic heterocycles. The van der Waals surface area contributed by atoms with Crippen LogP contribution in [0, 0.1) is 0 Å². The smallest absolute Gasteiger partial charge is 0.0545 e. The molecule has 0 atom stereocenters. The Bertz CT molecular complexity index is 3060. The average molecular weight is 677 g/mol. The molecule has 0 fully saturated rings. The normalized spacial score (nSPS) is 13.6. The van der Waals surface area contributed by atoms with Gasteiger partial charge in [0, 0.05) is 27.6 Å². The standard InChI is InChI=1S/C51H36N2/c1-51(2)45-24-11-13-26-48(45)52(35-16-4-3-5-17-35)50-31-44-42-23-10-12-25-47(42)53(49(44)32-46(50)51)36-18-14-15-33(29-36)34-27-28-41-39-21-7-6-19-37(39)38-20-8-9-22-40(38)43(41)30-34/h3-32H,1-2H3. The van der Waals surface area contributed by atoms with Gasteiger partial charge in [-0.25, -0.2) is 0 Å². The topological polar surface area (TPSA) is 8.17 Å². The Morgan fingerprint density at radius 2 is 0.925 bits per heavy atom. The van der Waals surface area contributed by atoms with Gasteiger partial charge in [-0.3, -0.25) is 0 Å². The van der Waals surface area contributed by atoms with Gasteiger partial charge in [0.05, 0.1) is 22.4 Å². The van der Waals surface area contributed by atoms with Gasteiger partial charge in [0.1, 0.15) is 0 Å². The number of nitrogens with zero attached hydrogens (tertiary/aromatic N) is 2. The van der Waals surface area contributed by atoms with Crippen LogP contribution in [0.1, 0.15) is 25.0 Å². The Morgan fingerprint density at radius 1 is 0.340 bits per heavy atom. The summed E-state index contributed by atoms with van der Waals surface area (Å²) in [5.41, 5.74) is 12.1. The monoisotopic (exact) mass is 676 g/mol. The van der Waals surface area contributed by atoms with E-state index in [1.807, 2.05) is 0 Å².